The van der Waals surface area contributed by atoms with Crippen molar-refractivity contribution in [2.75, 3.05) is 0 Å². The van der Waals surface area contributed by atoms with Crippen molar-refractivity contribution in [1.82, 2.24) is 4.98 Å². The van der Waals surface area contributed by atoms with Crippen LogP contribution in [0.1, 0.15) is 0 Å². The number of rotatable bonds is 0. The standard InChI is InChI=1S/C17H11N/c1-3-7-14-12(5-1)9-10-18-17-15-8-4-2-6-13(15)11-16(14)17/h1-11H. The number of fused-ring (bicyclic) bond motifs is 5. The van der Waals surface area contributed by atoms with E-state index < -0.39 is 0 Å². The molecule has 84 valence electrons. The van der Waals surface area contributed by atoms with Crippen LogP contribution in [-0.4, -0.2) is 4.98 Å². The van der Waals surface area contributed by atoms with Crippen molar-refractivity contribution in [3.63, 3.8) is 0 Å². The molecule has 1 heteroatoms. The van der Waals surface area contributed by atoms with Gasteiger partial charge in [-0.3, -0.25) is 4.98 Å². The average Bonchev–Trinajstić information content (AvgIpc) is 2.69. The molecule has 0 spiro atoms. The molecule has 0 atom stereocenters. The Morgan fingerprint density at radius 1 is 0.667 bits per heavy atom. The fraction of sp³-hybridized carbons (Fsp3) is 0. The van der Waals surface area contributed by atoms with E-state index in [4.69, 9.17) is 0 Å². The number of benzene rings is 2. The van der Waals surface area contributed by atoms with E-state index in [1.807, 2.05) is 6.20 Å². The Bertz CT molecular complexity index is 833. The molecule has 0 amide bonds. The van der Waals surface area contributed by atoms with Crippen LogP contribution < -0.4 is 0 Å². The number of hydrogen-bond acceptors (Lipinski definition) is 1. The third-order valence-electron chi connectivity index (χ3n) is 3.48. The summed E-state index contributed by atoms with van der Waals surface area (Å²) < 4.78 is 0. The minimum Gasteiger partial charge on any atom is -0.256 e. The highest BCUT2D eigenvalue weighted by Gasteiger charge is 2.12. The summed E-state index contributed by atoms with van der Waals surface area (Å²) in [6.45, 7) is 0. The Kier molecular flexibility index (Phi) is 1.89. The molecular weight excluding hydrogens is 218 g/mol. The average molecular weight is 229 g/mol. The van der Waals surface area contributed by atoms with Crippen molar-refractivity contribution >= 4 is 21.5 Å². The van der Waals surface area contributed by atoms with Gasteiger partial charge in [0.05, 0.1) is 5.69 Å². The van der Waals surface area contributed by atoms with Gasteiger partial charge in [0, 0.05) is 17.1 Å². The number of hydrogen-bond donors (Lipinski definition) is 0. The lowest BCUT2D eigenvalue weighted by Gasteiger charge is -1.96. The summed E-state index contributed by atoms with van der Waals surface area (Å²) >= 11 is 0. The van der Waals surface area contributed by atoms with Crippen LogP contribution in [0.3, 0.4) is 0 Å². The van der Waals surface area contributed by atoms with Crippen molar-refractivity contribution in [3.05, 3.63) is 66.9 Å². The second-order valence-electron chi connectivity index (χ2n) is 4.53. The summed E-state index contributed by atoms with van der Waals surface area (Å²) in [5.41, 5.74) is 2.32. The topological polar surface area (TPSA) is 12.9 Å². The maximum absolute atomic E-state index is 4.61. The lowest BCUT2D eigenvalue weighted by atomic mass is 10.1. The summed E-state index contributed by atoms with van der Waals surface area (Å²) in [6, 6.07) is 21.2. The van der Waals surface area contributed by atoms with Gasteiger partial charge in [-0.1, -0.05) is 48.5 Å². The molecule has 2 aliphatic rings. The predicted molar refractivity (Wildman–Crippen MR) is 75.9 cm³/mol. The Morgan fingerprint density at radius 3 is 2.28 bits per heavy atom. The molecule has 2 aromatic carbocycles. The highest BCUT2D eigenvalue weighted by Crippen LogP contribution is 2.36. The minimum absolute atomic E-state index is 1.09. The van der Waals surface area contributed by atoms with Crippen LogP contribution in [0, 0.1) is 0 Å². The van der Waals surface area contributed by atoms with Crippen LogP contribution in [0.2, 0.25) is 0 Å². The van der Waals surface area contributed by atoms with Gasteiger partial charge in [0.25, 0.3) is 0 Å². The molecule has 18 heavy (non-hydrogen) atoms. The Hall–Kier alpha value is -2.41. The van der Waals surface area contributed by atoms with E-state index in [1.165, 1.54) is 27.1 Å². The molecule has 0 fully saturated rings. The molecule has 0 unspecified atom stereocenters. The summed E-state index contributed by atoms with van der Waals surface area (Å²) in [5, 5.41) is 4.99. The molecule has 1 nitrogen and oxygen atoms in total. The van der Waals surface area contributed by atoms with Crippen molar-refractivity contribution in [2.24, 2.45) is 0 Å². The van der Waals surface area contributed by atoms with E-state index in [0.717, 1.165) is 5.69 Å². The summed E-state index contributed by atoms with van der Waals surface area (Å²) in [7, 11) is 0. The summed E-state index contributed by atoms with van der Waals surface area (Å²) in [6.07, 6.45) is 1.90. The first kappa shape index (κ1) is 9.60. The molecule has 0 N–H and O–H groups in total. The van der Waals surface area contributed by atoms with E-state index in [2.05, 4.69) is 65.6 Å². The van der Waals surface area contributed by atoms with Gasteiger partial charge in [0.15, 0.2) is 0 Å². The van der Waals surface area contributed by atoms with Gasteiger partial charge in [-0.05, 0) is 28.3 Å². The van der Waals surface area contributed by atoms with Gasteiger partial charge >= 0.3 is 0 Å². The molecular formula is C17H11N. The van der Waals surface area contributed by atoms with Crippen LogP contribution in [-0.2, 0) is 0 Å². The summed E-state index contributed by atoms with van der Waals surface area (Å²) in [5.74, 6) is 0. The molecule has 0 aromatic heterocycles. The smallest absolute Gasteiger partial charge is 0.0786 e. The van der Waals surface area contributed by atoms with E-state index in [9.17, 15) is 0 Å². The highest BCUT2D eigenvalue weighted by atomic mass is 14.7. The third kappa shape index (κ3) is 1.25. The lowest BCUT2D eigenvalue weighted by molar-refractivity contribution is 1.39. The predicted octanol–water partition coefficient (Wildman–Crippen LogP) is 4.49. The van der Waals surface area contributed by atoms with Crippen molar-refractivity contribution < 1.29 is 0 Å². The SMILES string of the molecule is c1ccc2c3cc4ccccc4c-3nccc2c1. The summed E-state index contributed by atoms with van der Waals surface area (Å²) in [4.78, 5) is 4.61. The first-order valence-electron chi connectivity index (χ1n) is 6.09. The van der Waals surface area contributed by atoms with Gasteiger partial charge in [-0.25, -0.2) is 0 Å². The molecule has 1 aliphatic heterocycles. The quantitative estimate of drug-likeness (QED) is 0.433. The zero-order valence-electron chi connectivity index (χ0n) is 9.80. The Morgan fingerprint density at radius 2 is 1.39 bits per heavy atom. The zero-order chi connectivity index (χ0) is 11.9. The maximum Gasteiger partial charge on any atom is 0.0786 e. The van der Waals surface area contributed by atoms with Gasteiger partial charge < -0.3 is 0 Å². The van der Waals surface area contributed by atoms with Gasteiger partial charge in [0.1, 0.15) is 0 Å². The second-order valence-corrected chi connectivity index (χ2v) is 4.53. The molecule has 0 saturated heterocycles. The Balaban J connectivity index is 2.28. The second kappa shape index (κ2) is 3.54. The maximum atomic E-state index is 4.61. The zero-order valence-corrected chi connectivity index (χ0v) is 9.80. The first-order chi connectivity index (χ1) is 8.93. The molecule has 1 heterocycles. The molecule has 0 bridgehead atoms. The largest absolute Gasteiger partial charge is 0.256 e. The lowest BCUT2D eigenvalue weighted by Crippen LogP contribution is -1.74. The van der Waals surface area contributed by atoms with E-state index in [1.54, 1.807) is 0 Å². The molecule has 0 radical (unpaired) electrons. The van der Waals surface area contributed by atoms with E-state index >= 15 is 0 Å². The van der Waals surface area contributed by atoms with E-state index in [0.29, 0.717) is 0 Å². The number of aromatic nitrogens is 1. The normalized spacial score (nSPS) is 11.3. The van der Waals surface area contributed by atoms with Crippen LogP contribution in [0.15, 0.2) is 66.9 Å². The molecule has 4 rings (SSSR count). The fourth-order valence-electron chi connectivity index (χ4n) is 2.63. The molecule has 1 aliphatic carbocycles. The van der Waals surface area contributed by atoms with Crippen LogP contribution in [0.25, 0.3) is 32.8 Å². The van der Waals surface area contributed by atoms with Crippen molar-refractivity contribution in [2.45, 2.75) is 0 Å². The molecule has 2 aromatic rings. The van der Waals surface area contributed by atoms with Crippen LogP contribution in [0.4, 0.5) is 0 Å². The first-order valence-corrected chi connectivity index (χ1v) is 6.09. The highest BCUT2D eigenvalue weighted by molar-refractivity contribution is 6.08. The molecule has 0 saturated carbocycles. The Labute approximate surface area is 105 Å². The monoisotopic (exact) mass is 229 g/mol. The number of nitrogens with zero attached hydrogens (tertiary/aromatic N) is 1. The van der Waals surface area contributed by atoms with Gasteiger partial charge in [-0.15, -0.1) is 0 Å². The van der Waals surface area contributed by atoms with Gasteiger partial charge in [0.2, 0.25) is 0 Å². The fourth-order valence-corrected chi connectivity index (χ4v) is 2.63. The van der Waals surface area contributed by atoms with Crippen molar-refractivity contribution in [1.29, 1.82) is 0 Å². The minimum atomic E-state index is 1.09. The van der Waals surface area contributed by atoms with Gasteiger partial charge in [-0.2, -0.15) is 0 Å². The van der Waals surface area contributed by atoms with Crippen LogP contribution in [0.5, 0.6) is 0 Å². The van der Waals surface area contributed by atoms with E-state index in [-0.39, 0.29) is 0 Å². The third-order valence-corrected chi connectivity index (χ3v) is 3.48. The van der Waals surface area contributed by atoms with Crippen LogP contribution >= 0.6 is 0 Å². The van der Waals surface area contributed by atoms with Crippen molar-refractivity contribution in [3.8, 4) is 11.3 Å².